The normalized spacial score (nSPS) is 12.2. The van der Waals surface area contributed by atoms with E-state index in [-0.39, 0.29) is 11.9 Å². The number of nitrogens with zero attached hydrogens (tertiary/aromatic N) is 1. The molecule has 4 nitrogen and oxygen atoms in total. The third-order valence-corrected chi connectivity index (χ3v) is 3.78. The number of nitrogens with one attached hydrogen (secondary N) is 1. The van der Waals surface area contributed by atoms with Gasteiger partial charge >= 0.3 is 0 Å². The maximum Gasteiger partial charge on any atom is 0.220 e. The molecule has 0 aliphatic carbocycles. The first-order chi connectivity index (χ1) is 9.97. The molecule has 1 amide bonds. The van der Waals surface area contributed by atoms with E-state index in [0.717, 1.165) is 22.6 Å². The number of halogens is 1. The Morgan fingerprint density at radius 2 is 2.00 bits per heavy atom. The smallest absolute Gasteiger partial charge is 0.220 e. The molecule has 0 unspecified atom stereocenters. The Hall–Kier alpha value is -1.81. The van der Waals surface area contributed by atoms with Crippen molar-refractivity contribution in [1.82, 2.24) is 10.5 Å². The van der Waals surface area contributed by atoms with E-state index >= 15 is 0 Å². The predicted molar refractivity (Wildman–Crippen MR) is 82.3 cm³/mol. The first-order valence-electron chi connectivity index (χ1n) is 6.94. The Bertz CT molecular complexity index is 600. The van der Waals surface area contributed by atoms with Crippen molar-refractivity contribution in [2.24, 2.45) is 0 Å². The molecule has 2 rings (SSSR count). The monoisotopic (exact) mass is 306 g/mol. The van der Waals surface area contributed by atoms with Crippen molar-refractivity contribution in [3.8, 4) is 0 Å². The van der Waals surface area contributed by atoms with Crippen LogP contribution in [0.5, 0.6) is 0 Å². The van der Waals surface area contributed by atoms with Gasteiger partial charge in [0.1, 0.15) is 5.76 Å². The molecular weight excluding hydrogens is 288 g/mol. The quantitative estimate of drug-likeness (QED) is 0.915. The minimum absolute atomic E-state index is 0.0115. The number of aromatic nitrogens is 1. The van der Waals surface area contributed by atoms with Gasteiger partial charge in [0, 0.05) is 17.0 Å². The Balaban J connectivity index is 1.88. The SMILES string of the molecule is Cc1noc(C)c1CCC(=O)N[C@@H](C)c1ccc(Cl)cc1. The van der Waals surface area contributed by atoms with Gasteiger partial charge in [-0.15, -0.1) is 0 Å². The second-order valence-electron chi connectivity index (χ2n) is 5.14. The van der Waals surface area contributed by atoms with Crippen molar-refractivity contribution in [2.75, 3.05) is 0 Å². The number of benzene rings is 1. The van der Waals surface area contributed by atoms with Gasteiger partial charge in [-0.3, -0.25) is 4.79 Å². The first-order valence-corrected chi connectivity index (χ1v) is 7.31. The lowest BCUT2D eigenvalue weighted by Gasteiger charge is -2.14. The number of carbonyl (C=O) groups excluding carboxylic acids is 1. The van der Waals surface area contributed by atoms with Gasteiger partial charge in [-0.2, -0.15) is 0 Å². The highest BCUT2D eigenvalue weighted by Gasteiger charge is 2.13. The van der Waals surface area contributed by atoms with Gasteiger partial charge in [-0.05, 0) is 44.9 Å². The highest BCUT2D eigenvalue weighted by atomic mass is 35.5. The molecule has 0 bridgehead atoms. The second-order valence-corrected chi connectivity index (χ2v) is 5.58. The maximum absolute atomic E-state index is 12.0. The van der Waals surface area contributed by atoms with Gasteiger partial charge in [-0.1, -0.05) is 28.9 Å². The number of hydrogen-bond acceptors (Lipinski definition) is 3. The summed E-state index contributed by atoms with van der Waals surface area (Å²) in [7, 11) is 0. The fraction of sp³-hybridized carbons (Fsp3) is 0.375. The zero-order valence-electron chi connectivity index (χ0n) is 12.4. The summed E-state index contributed by atoms with van der Waals surface area (Å²) in [5.41, 5.74) is 2.90. The summed E-state index contributed by atoms with van der Waals surface area (Å²) in [6, 6.07) is 7.44. The van der Waals surface area contributed by atoms with Crippen molar-refractivity contribution in [2.45, 2.75) is 39.7 Å². The lowest BCUT2D eigenvalue weighted by molar-refractivity contribution is -0.121. The standard InChI is InChI=1S/C16H19ClN2O2/c1-10(13-4-6-14(17)7-5-13)18-16(20)9-8-15-11(2)19-21-12(15)3/h4-7,10H,8-9H2,1-3H3,(H,18,20)/t10-/m0/s1. The Morgan fingerprint density at radius 1 is 1.33 bits per heavy atom. The summed E-state index contributed by atoms with van der Waals surface area (Å²) in [6.07, 6.45) is 1.06. The molecule has 0 saturated heterocycles. The summed E-state index contributed by atoms with van der Waals surface area (Å²) in [4.78, 5) is 12.0. The maximum atomic E-state index is 12.0. The van der Waals surface area contributed by atoms with Crippen LogP contribution < -0.4 is 5.32 Å². The summed E-state index contributed by atoms with van der Waals surface area (Å²) >= 11 is 5.86. The number of hydrogen-bond donors (Lipinski definition) is 1. The average Bonchev–Trinajstić information content (AvgIpc) is 2.76. The third kappa shape index (κ3) is 4.08. The minimum atomic E-state index is -0.0422. The first kappa shape index (κ1) is 15.6. The zero-order chi connectivity index (χ0) is 15.4. The lowest BCUT2D eigenvalue weighted by Crippen LogP contribution is -2.26. The van der Waals surface area contributed by atoms with Crippen molar-refractivity contribution < 1.29 is 9.32 Å². The van der Waals surface area contributed by atoms with Crippen LogP contribution in [0, 0.1) is 13.8 Å². The predicted octanol–water partition coefficient (Wildman–Crippen LogP) is 3.75. The van der Waals surface area contributed by atoms with Crippen LogP contribution in [0.3, 0.4) is 0 Å². The topological polar surface area (TPSA) is 55.1 Å². The van der Waals surface area contributed by atoms with E-state index in [0.29, 0.717) is 17.9 Å². The summed E-state index contributed by atoms with van der Waals surface area (Å²) in [6.45, 7) is 5.71. The molecule has 0 fully saturated rings. The van der Waals surface area contributed by atoms with Crippen LogP contribution in [0.15, 0.2) is 28.8 Å². The van der Waals surface area contributed by atoms with Crippen molar-refractivity contribution in [1.29, 1.82) is 0 Å². The van der Waals surface area contributed by atoms with Crippen LogP contribution in [0.1, 0.15) is 42.0 Å². The molecule has 0 aliphatic heterocycles. The van der Waals surface area contributed by atoms with Crippen molar-refractivity contribution in [3.05, 3.63) is 51.9 Å². The third-order valence-electron chi connectivity index (χ3n) is 3.53. The molecule has 2 aromatic rings. The van der Waals surface area contributed by atoms with Crippen LogP contribution in [0.25, 0.3) is 0 Å². The highest BCUT2D eigenvalue weighted by Crippen LogP contribution is 2.17. The van der Waals surface area contributed by atoms with Gasteiger partial charge in [0.25, 0.3) is 0 Å². The Labute approximate surface area is 129 Å². The zero-order valence-corrected chi connectivity index (χ0v) is 13.2. The molecule has 0 aliphatic rings. The molecule has 0 radical (unpaired) electrons. The Kier molecular flexibility index (Phi) is 5.02. The molecule has 0 spiro atoms. The van der Waals surface area contributed by atoms with Crippen molar-refractivity contribution in [3.63, 3.8) is 0 Å². The van der Waals surface area contributed by atoms with E-state index in [4.69, 9.17) is 16.1 Å². The summed E-state index contributed by atoms with van der Waals surface area (Å²) < 4.78 is 5.09. The molecule has 1 aromatic heterocycles. The van der Waals surface area contributed by atoms with Crippen LogP contribution >= 0.6 is 11.6 Å². The van der Waals surface area contributed by atoms with E-state index in [2.05, 4.69) is 10.5 Å². The molecule has 1 atom stereocenters. The van der Waals surface area contributed by atoms with Crippen LogP contribution in [0.4, 0.5) is 0 Å². The molecule has 0 saturated carbocycles. The lowest BCUT2D eigenvalue weighted by atomic mass is 10.1. The van der Waals surface area contributed by atoms with E-state index in [9.17, 15) is 4.79 Å². The van der Waals surface area contributed by atoms with Crippen LogP contribution in [0.2, 0.25) is 5.02 Å². The molecule has 5 heteroatoms. The Morgan fingerprint density at radius 3 is 2.57 bits per heavy atom. The highest BCUT2D eigenvalue weighted by molar-refractivity contribution is 6.30. The number of rotatable bonds is 5. The molecule has 21 heavy (non-hydrogen) atoms. The number of carbonyl (C=O) groups is 1. The molecule has 1 aromatic carbocycles. The average molecular weight is 307 g/mol. The minimum Gasteiger partial charge on any atom is -0.361 e. The van der Waals surface area contributed by atoms with Gasteiger partial charge in [0.15, 0.2) is 0 Å². The summed E-state index contributed by atoms with van der Waals surface area (Å²) in [5, 5.41) is 7.57. The fourth-order valence-corrected chi connectivity index (χ4v) is 2.37. The second kappa shape index (κ2) is 6.76. The van der Waals surface area contributed by atoms with Gasteiger partial charge in [-0.25, -0.2) is 0 Å². The molecular formula is C16H19ClN2O2. The molecule has 1 N–H and O–H groups in total. The molecule has 1 heterocycles. The van der Waals surface area contributed by atoms with Crippen molar-refractivity contribution >= 4 is 17.5 Å². The number of aryl methyl sites for hydroxylation is 2. The van der Waals surface area contributed by atoms with Crippen LogP contribution in [-0.4, -0.2) is 11.1 Å². The fourth-order valence-electron chi connectivity index (χ4n) is 2.25. The van der Waals surface area contributed by atoms with Gasteiger partial charge in [0.05, 0.1) is 11.7 Å². The van der Waals surface area contributed by atoms with Gasteiger partial charge in [0.2, 0.25) is 5.91 Å². The van der Waals surface area contributed by atoms with Gasteiger partial charge < -0.3 is 9.84 Å². The largest absolute Gasteiger partial charge is 0.361 e. The van der Waals surface area contributed by atoms with E-state index < -0.39 is 0 Å². The molecule has 112 valence electrons. The number of amides is 1. The van der Waals surface area contributed by atoms with Crippen LogP contribution in [-0.2, 0) is 11.2 Å². The van der Waals surface area contributed by atoms with E-state index in [1.807, 2.05) is 45.0 Å². The van der Waals surface area contributed by atoms with E-state index in [1.54, 1.807) is 0 Å². The summed E-state index contributed by atoms with van der Waals surface area (Å²) in [5.74, 6) is 0.795. The van der Waals surface area contributed by atoms with E-state index in [1.165, 1.54) is 0 Å².